The smallest absolute Gasteiger partial charge is 0.247 e. The van der Waals surface area contributed by atoms with E-state index in [9.17, 15) is 4.39 Å². The van der Waals surface area contributed by atoms with Crippen molar-refractivity contribution in [1.29, 1.82) is 0 Å². The van der Waals surface area contributed by atoms with Gasteiger partial charge >= 0.3 is 0 Å². The molecule has 18 heavy (non-hydrogen) atoms. The number of anilines is 2. The molecular weight excluding hydrogens is 233 g/mol. The molecule has 3 aromatic rings. The topological polar surface area (TPSA) is 55.1 Å². The lowest BCUT2D eigenvalue weighted by atomic mass is 10.3. The predicted octanol–water partition coefficient (Wildman–Crippen LogP) is 2.32. The first-order valence-electron chi connectivity index (χ1n) is 5.43. The largest absolute Gasteiger partial charge is 0.323 e. The molecule has 1 N–H and O–H groups in total. The van der Waals surface area contributed by atoms with Crippen LogP contribution in [-0.4, -0.2) is 19.6 Å². The van der Waals surface area contributed by atoms with E-state index in [-0.39, 0.29) is 5.82 Å². The minimum Gasteiger partial charge on any atom is -0.323 e. The van der Waals surface area contributed by atoms with Gasteiger partial charge in [0.15, 0.2) is 5.65 Å². The van der Waals surface area contributed by atoms with Gasteiger partial charge in [0, 0.05) is 18.0 Å². The number of hydrogen-bond acceptors (Lipinski definition) is 4. The quantitative estimate of drug-likeness (QED) is 0.750. The van der Waals surface area contributed by atoms with Gasteiger partial charge in [0.2, 0.25) is 5.95 Å². The van der Waals surface area contributed by atoms with Crippen LogP contribution in [0.1, 0.15) is 5.82 Å². The summed E-state index contributed by atoms with van der Waals surface area (Å²) in [6, 6.07) is 7.80. The zero-order valence-corrected chi connectivity index (χ0v) is 9.63. The van der Waals surface area contributed by atoms with Gasteiger partial charge in [-0.05, 0) is 31.2 Å². The van der Waals surface area contributed by atoms with E-state index in [0.717, 1.165) is 11.5 Å². The summed E-state index contributed by atoms with van der Waals surface area (Å²) in [5.74, 6) is 0.938. The minimum absolute atomic E-state index is 0.274. The van der Waals surface area contributed by atoms with E-state index >= 15 is 0 Å². The van der Waals surface area contributed by atoms with Crippen molar-refractivity contribution in [2.45, 2.75) is 6.92 Å². The zero-order valence-electron chi connectivity index (χ0n) is 9.63. The average molecular weight is 243 g/mol. The molecule has 1 aromatic carbocycles. The van der Waals surface area contributed by atoms with Crippen LogP contribution >= 0.6 is 0 Å². The Morgan fingerprint density at radius 1 is 1.17 bits per heavy atom. The number of benzene rings is 1. The maximum absolute atomic E-state index is 12.8. The number of fused-ring (bicyclic) bond motifs is 1. The van der Waals surface area contributed by atoms with Crippen LogP contribution in [0.2, 0.25) is 0 Å². The Labute approximate surface area is 102 Å². The Hall–Kier alpha value is -2.50. The van der Waals surface area contributed by atoms with Crippen molar-refractivity contribution >= 4 is 17.3 Å². The number of nitrogens with zero attached hydrogens (tertiary/aromatic N) is 4. The first-order valence-corrected chi connectivity index (χ1v) is 5.43. The fraction of sp³-hybridized carbons (Fsp3) is 0.0833. The molecule has 3 rings (SSSR count). The van der Waals surface area contributed by atoms with Gasteiger partial charge in [0.25, 0.3) is 0 Å². The standard InChI is InChI=1S/C12H10FN5/c1-8-14-7-6-11-16-12(17-18(8)11)15-10-4-2-9(13)3-5-10/h2-7H,1H3,(H,15,17). The summed E-state index contributed by atoms with van der Waals surface area (Å²) in [7, 11) is 0. The van der Waals surface area contributed by atoms with Crippen LogP contribution in [0, 0.1) is 12.7 Å². The molecule has 5 nitrogen and oxygen atoms in total. The summed E-state index contributed by atoms with van der Waals surface area (Å²) in [5.41, 5.74) is 1.45. The van der Waals surface area contributed by atoms with E-state index < -0.39 is 0 Å². The van der Waals surface area contributed by atoms with Crippen molar-refractivity contribution in [2.75, 3.05) is 5.32 Å². The van der Waals surface area contributed by atoms with E-state index in [0.29, 0.717) is 11.6 Å². The average Bonchev–Trinajstić information content (AvgIpc) is 2.76. The summed E-state index contributed by atoms with van der Waals surface area (Å²) < 4.78 is 14.4. The fourth-order valence-corrected chi connectivity index (χ4v) is 1.65. The number of aryl methyl sites for hydroxylation is 1. The fourth-order valence-electron chi connectivity index (χ4n) is 1.65. The van der Waals surface area contributed by atoms with Crippen molar-refractivity contribution in [3.05, 3.63) is 48.2 Å². The van der Waals surface area contributed by atoms with E-state index in [1.54, 1.807) is 28.9 Å². The predicted molar refractivity (Wildman–Crippen MR) is 65.2 cm³/mol. The highest BCUT2D eigenvalue weighted by Crippen LogP contribution is 2.14. The lowest BCUT2D eigenvalue weighted by Crippen LogP contribution is -1.96. The summed E-state index contributed by atoms with van der Waals surface area (Å²) >= 11 is 0. The maximum Gasteiger partial charge on any atom is 0.247 e. The van der Waals surface area contributed by atoms with Crippen LogP contribution in [0.15, 0.2) is 36.5 Å². The van der Waals surface area contributed by atoms with Gasteiger partial charge in [-0.2, -0.15) is 9.50 Å². The molecule has 0 saturated heterocycles. The molecular formula is C12H10FN5. The maximum atomic E-state index is 12.8. The highest BCUT2D eigenvalue weighted by Gasteiger charge is 2.05. The molecule has 0 aliphatic carbocycles. The van der Waals surface area contributed by atoms with E-state index in [2.05, 4.69) is 20.4 Å². The molecule has 0 spiro atoms. The Bertz CT molecular complexity index is 689. The SMILES string of the molecule is Cc1nccc2nc(Nc3ccc(F)cc3)nn12. The summed E-state index contributed by atoms with van der Waals surface area (Å²) in [6.07, 6.45) is 1.68. The van der Waals surface area contributed by atoms with Crippen LogP contribution in [-0.2, 0) is 0 Å². The van der Waals surface area contributed by atoms with Crippen LogP contribution < -0.4 is 5.32 Å². The van der Waals surface area contributed by atoms with Crippen molar-refractivity contribution in [2.24, 2.45) is 0 Å². The normalized spacial score (nSPS) is 10.8. The number of halogens is 1. The van der Waals surface area contributed by atoms with Gasteiger partial charge in [0.05, 0.1) is 0 Å². The second kappa shape index (κ2) is 4.06. The minimum atomic E-state index is -0.274. The molecule has 90 valence electrons. The molecule has 0 radical (unpaired) electrons. The Morgan fingerprint density at radius 2 is 1.94 bits per heavy atom. The first-order chi connectivity index (χ1) is 8.72. The summed E-state index contributed by atoms with van der Waals surface area (Å²) in [6.45, 7) is 1.85. The van der Waals surface area contributed by atoms with Gasteiger partial charge in [0.1, 0.15) is 11.6 Å². The van der Waals surface area contributed by atoms with Crippen molar-refractivity contribution < 1.29 is 4.39 Å². The number of nitrogens with one attached hydrogen (secondary N) is 1. The van der Waals surface area contributed by atoms with Crippen LogP contribution in [0.5, 0.6) is 0 Å². The lowest BCUT2D eigenvalue weighted by molar-refractivity contribution is 0.628. The Kier molecular flexibility index (Phi) is 2.40. The third-order valence-corrected chi connectivity index (χ3v) is 2.52. The molecule has 0 atom stereocenters. The Balaban J connectivity index is 1.95. The van der Waals surface area contributed by atoms with E-state index in [4.69, 9.17) is 0 Å². The summed E-state index contributed by atoms with van der Waals surface area (Å²) in [5, 5.41) is 7.28. The highest BCUT2D eigenvalue weighted by atomic mass is 19.1. The van der Waals surface area contributed by atoms with Crippen molar-refractivity contribution in [3.63, 3.8) is 0 Å². The molecule has 0 aliphatic rings. The van der Waals surface area contributed by atoms with Crippen LogP contribution in [0.4, 0.5) is 16.0 Å². The molecule has 2 heterocycles. The molecule has 0 saturated carbocycles. The molecule has 0 bridgehead atoms. The number of hydrogen-bond donors (Lipinski definition) is 1. The molecule has 0 aliphatic heterocycles. The van der Waals surface area contributed by atoms with Crippen LogP contribution in [0.3, 0.4) is 0 Å². The monoisotopic (exact) mass is 243 g/mol. The number of aromatic nitrogens is 4. The molecule has 6 heteroatoms. The Morgan fingerprint density at radius 3 is 2.67 bits per heavy atom. The van der Waals surface area contributed by atoms with Crippen molar-refractivity contribution in [3.8, 4) is 0 Å². The first kappa shape index (κ1) is 10.6. The molecule has 0 unspecified atom stereocenters. The van der Waals surface area contributed by atoms with Gasteiger partial charge < -0.3 is 5.32 Å². The van der Waals surface area contributed by atoms with Crippen LogP contribution in [0.25, 0.3) is 5.65 Å². The molecule has 0 fully saturated rings. The zero-order chi connectivity index (χ0) is 12.5. The second-order valence-corrected chi connectivity index (χ2v) is 3.83. The third-order valence-electron chi connectivity index (χ3n) is 2.52. The summed E-state index contributed by atoms with van der Waals surface area (Å²) in [4.78, 5) is 8.42. The third kappa shape index (κ3) is 1.88. The van der Waals surface area contributed by atoms with E-state index in [1.165, 1.54) is 12.1 Å². The van der Waals surface area contributed by atoms with Gasteiger partial charge in [-0.3, -0.25) is 0 Å². The van der Waals surface area contributed by atoms with Gasteiger partial charge in [-0.25, -0.2) is 9.37 Å². The highest BCUT2D eigenvalue weighted by molar-refractivity contribution is 5.55. The van der Waals surface area contributed by atoms with E-state index in [1.807, 2.05) is 6.92 Å². The second-order valence-electron chi connectivity index (χ2n) is 3.83. The van der Waals surface area contributed by atoms with Gasteiger partial charge in [-0.1, -0.05) is 0 Å². The van der Waals surface area contributed by atoms with Gasteiger partial charge in [-0.15, -0.1) is 5.10 Å². The lowest BCUT2D eigenvalue weighted by Gasteiger charge is -2.00. The number of rotatable bonds is 2. The molecule has 0 amide bonds. The van der Waals surface area contributed by atoms with Crippen molar-refractivity contribution in [1.82, 2.24) is 19.6 Å². The molecule has 2 aromatic heterocycles.